The smallest absolute Gasteiger partial charge is 0.234 e. The van der Waals surface area contributed by atoms with Gasteiger partial charge in [-0.05, 0) is 70.8 Å². The van der Waals surface area contributed by atoms with Crippen molar-refractivity contribution in [2.75, 3.05) is 26.7 Å². The maximum Gasteiger partial charge on any atom is 0.234 e. The van der Waals surface area contributed by atoms with E-state index in [2.05, 4.69) is 27.6 Å². The molecule has 5 nitrogen and oxygen atoms in total. The van der Waals surface area contributed by atoms with Gasteiger partial charge < -0.3 is 10.6 Å². The monoisotopic (exact) mass is 316 g/mol. The average Bonchev–Trinajstić information content (AvgIpc) is 3.38. The standard InChI is InChI=1S/C18H28N4O/c1-13-4-3-5-16(20-13)18(14-6-7-14)21-17(23)12-22(2)15-8-10-19-11-9-15/h3-5,14-15,18-19H,6-12H2,1-2H3,(H,21,23)/t18-/m0/s1. The molecule has 23 heavy (non-hydrogen) atoms. The van der Waals surface area contributed by atoms with E-state index in [-0.39, 0.29) is 11.9 Å². The van der Waals surface area contributed by atoms with Gasteiger partial charge in [-0.15, -0.1) is 0 Å². The highest BCUT2D eigenvalue weighted by molar-refractivity contribution is 5.78. The van der Waals surface area contributed by atoms with Crippen LogP contribution in [0.4, 0.5) is 0 Å². The summed E-state index contributed by atoms with van der Waals surface area (Å²) in [6, 6.07) is 6.65. The first-order valence-electron chi connectivity index (χ1n) is 8.77. The highest BCUT2D eigenvalue weighted by atomic mass is 16.2. The van der Waals surface area contributed by atoms with Gasteiger partial charge in [0.2, 0.25) is 5.91 Å². The van der Waals surface area contributed by atoms with E-state index in [4.69, 9.17) is 0 Å². The van der Waals surface area contributed by atoms with Crippen molar-refractivity contribution in [1.82, 2.24) is 20.5 Å². The lowest BCUT2D eigenvalue weighted by molar-refractivity contribution is -0.123. The van der Waals surface area contributed by atoms with Gasteiger partial charge in [0.25, 0.3) is 0 Å². The van der Waals surface area contributed by atoms with Crippen LogP contribution in [0.15, 0.2) is 18.2 Å². The molecule has 126 valence electrons. The molecular formula is C18H28N4O. The molecular weight excluding hydrogens is 288 g/mol. The molecule has 1 aliphatic heterocycles. The number of nitrogens with one attached hydrogen (secondary N) is 2. The SMILES string of the molecule is Cc1cccc([C@@H](NC(=O)CN(C)C2CCNCC2)C2CC2)n1. The Hall–Kier alpha value is -1.46. The predicted octanol–water partition coefficient (Wildman–Crippen LogP) is 1.64. The van der Waals surface area contributed by atoms with E-state index < -0.39 is 0 Å². The largest absolute Gasteiger partial charge is 0.346 e. The van der Waals surface area contributed by atoms with Crippen molar-refractivity contribution < 1.29 is 4.79 Å². The first kappa shape index (κ1) is 16.4. The number of carbonyl (C=O) groups excluding carboxylic acids is 1. The summed E-state index contributed by atoms with van der Waals surface area (Å²) in [5.41, 5.74) is 2.01. The van der Waals surface area contributed by atoms with Gasteiger partial charge in [-0.25, -0.2) is 0 Å². The summed E-state index contributed by atoms with van der Waals surface area (Å²) in [6.45, 7) is 4.57. The summed E-state index contributed by atoms with van der Waals surface area (Å²) in [5.74, 6) is 0.670. The molecule has 3 rings (SSSR count). The van der Waals surface area contributed by atoms with Gasteiger partial charge in [0.05, 0.1) is 18.3 Å². The van der Waals surface area contributed by atoms with Crippen LogP contribution in [-0.4, -0.2) is 48.5 Å². The molecule has 0 spiro atoms. The summed E-state index contributed by atoms with van der Waals surface area (Å²) in [6.07, 6.45) is 4.61. The van der Waals surface area contributed by atoms with Crippen LogP contribution in [-0.2, 0) is 4.79 Å². The Morgan fingerprint density at radius 3 is 2.74 bits per heavy atom. The normalized spacial score (nSPS) is 20.5. The molecule has 1 saturated carbocycles. The van der Waals surface area contributed by atoms with Crippen molar-refractivity contribution in [1.29, 1.82) is 0 Å². The fourth-order valence-corrected chi connectivity index (χ4v) is 3.42. The predicted molar refractivity (Wildman–Crippen MR) is 91.1 cm³/mol. The van der Waals surface area contributed by atoms with Crippen LogP contribution >= 0.6 is 0 Å². The van der Waals surface area contributed by atoms with E-state index in [1.54, 1.807) is 0 Å². The molecule has 2 heterocycles. The minimum absolute atomic E-state index is 0.0730. The summed E-state index contributed by atoms with van der Waals surface area (Å²) in [4.78, 5) is 19.3. The van der Waals surface area contributed by atoms with Crippen LogP contribution in [0.2, 0.25) is 0 Å². The van der Waals surface area contributed by atoms with E-state index >= 15 is 0 Å². The van der Waals surface area contributed by atoms with Gasteiger partial charge in [0, 0.05) is 11.7 Å². The van der Waals surface area contributed by atoms with Crippen molar-refractivity contribution in [2.45, 2.75) is 44.7 Å². The van der Waals surface area contributed by atoms with E-state index in [9.17, 15) is 4.79 Å². The van der Waals surface area contributed by atoms with Crippen molar-refractivity contribution in [2.24, 2.45) is 5.92 Å². The molecule has 1 saturated heterocycles. The number of rotatable bonds is 6. The second-order valence-electron chi connectivity index (χ2n) is 6.98. The number of hydrogen-bond donors (Lipinski definition) is 2. The first-order chi connectivity index (χ1) is 11.1. The van der Waals surface area contributed by atoms with Crippen LogP contribution in [0.25, 0.3) is 0 Å². The minimum atomic E-state index is 0.0730. The summed E-state index contributed by atoms with van der Waals surface area (Å²) in [5, 5.41) is 6.60. The van der Waals surface area contributed by atoms with Crippen LogP contribution < -0.4 is 10.6 Å². The number of piperidine rings is 1. The average molecular weight is 316 g/mol. The quantitative estimate of drug-likeness (QED) is 0.838. The second-order valence-corrected chi connectivity index (χ2v) is 6.98. The number of hydrogen-bond acceptors (Lipinski definition) is 4. The van der Waals surface area contributed by atoms with Gasteiger partial charge in [-0.3, -0.25) is 14.7 Å². The molecule has 5 heteroatoms. The Morgan fingerprint density at radius 2 is 2.09 bits per heavy atom. The van der Waals surface area contributed by atoms with Gasteiger partial charge in [0.15, 0.2) is 0 Å². The fourth-order valence-electron chi connectivity index (χ4n) is 3.42. The van der Waals surface area contributed by atoms with E-state index in [0.717, 1.165) is 37.3 Å². The molecule has 1 aromatic rings. The van der Waals surface area contributed by atoms with Crippen LogP contribution in [0.5, 0.6) is 0 Å². The Balaban J connectivity index is 1.58. The first-order valence-corrected chi connectivity index (χ1v) is 8.77. The number of pyridine rings is 1. The molecule has 0 bridgehead atoms. The highest BCUT2D eigenvalue weighted by Crippen LogP contribution is 2.40. The number of amides is 1. The Morgan fingerprint density at radius 1 is 1.35 bits per heavy atom. The van der Waals surface area contributed by atoms with Gasteiger partial charge in [-0.2, -0.15) is 0 Å². The number of nitrogens with zero attached hydrogens (tertiary/aromatic N) is 2. The Kier molecular flexibility index (Phi) is 5.28. The molecule has 0 aromatic carbocycles. The van der Waals surface area contributed by atoms with E-state index in [1.807, 2.05) is 25.1 Å². The molecule has 2 aliphatic rings. The third-order valence-corrected chi connectivity index (χ3v) is 4.96. The third-order valence-electron chi connectivity index (χ3n) is 4.96. The van der Waals surface area contributed by atoms with Crippen LogP contribution in [0.3, 0.4) is 0 Å². The van der Waals surface area contributed by atoms with Crippen molar-refractivity contribution in [3.63, 3.8) is 0 Å². The fraction of sp³-hybridized carbons (Fsp3) is 0.667. The molecule has 2 fully saturated rings. The molecule has 1 amide bonds. The minimum Gasteiger partial charge on any atom is -0.346 e. The van der Waals surface area contributed by atoms with E-state index in [1.165, 1.54) is 12.8 Å². The molecule has 0 unspecified atom stereocenters. The molecule has 0 radical (unpaired) electrons. The van der Waals surface area contributed by atoms with Gasteiger partial charge in [-0.1, -0.05) is 6.07 Å². The molecule has 1 aliphatic carbocycles. The zero-order chi connectivity index (χ0) is 16.2. The maximum absolute atomic E-state index is 12.5. The number of likely N-dealkylation sites (N-methyl/N-ethyl adjacent to an activating group) is 1. The lowest BCUT2D eigenvalue weighted by Crippen LogP contribution is -2.46. The zero-order valence-corrected chi connectivity index (χ0v) is 14.2. The number of aryl methyl sites for hydroxylation is 1. The molecule has 2 N–H and O–H groups in total. The Labute approximate surface area is 138 Å². The maximum atomic E-state index is 12.5. The zero-order valence-electron chi connectivity index (χ0n) is 14.2. The van der Waals surface area contributed by atoms with Gasteiger partial charge in [0.1, 0.15) is 0 Å². The highest BCUT2D eigenvalue weighted by Gasteiger charge is 2.34. The molecule has 1 aromatic heterocycles. The van der Waals surface area contributed by atoms with E-state index in [0.29, 0.717) is 18.5 Å². The molecule has 1 atom stereocenters. The number of carbonyl (C=O) groups is 1. The lowest BCUT2D eigenvalue weighted by atomic mass is 10.1. The third kappa shape index (κ3) is 4.52. The Bertz CT molecular complexity index is 538. The lowest BCUT2D eigenvalue weighted by Gasteiger charge is -2.31. The van der Waals surface area contributed by atoms with Crippen LogP contribution in [0, 0.1) is 12.8 Å². The second kappa shape index (κ2) is 7.41. The van der Waals surface area contributed by atoms with Crippen molar-refractivity contribution in [3.05, 3.63) is 29.6 Å². The summed E-state index contributed by atoms with van der Waals surface area (Å²) < 4.78 is 0. The summed E-state index contributed by atoms with van der Waals surface area (Å²) in [7, 11) is 2.06. The van der Waals surface area contributed by atoms with Crippen molar-refractivity contribution in [3.8, 4) is 0 Å². The summed E-state index contributed by atoms with van der Waals surface area (Å²) >= 11 is 0. The van der Waals surface area contributed by atoms with Crippen LogP contribution in [0.1, 0.15) is 43.1 Å². The van der Waals surface area contributed by atoms with Gasteiger partial charge >= 0.3 is 0 Å². The number of aromatic nitrogens is 1. The van der Waals surface area contributed by atoms with Crippen molar-refractivity contribution >= 4 is 5.91 Å². The topological polar surface area (TPSA) is 57.3 Å².